The molecule has 2 heterocycles. The van der Waals surface area contributed by atoms with Gasteiger partial charge in [0.1, 0.15) is 0 Å². The standard InChI is InChI=1S/C18H26N2O5S.ClH/c1-19-13-14-4-2-8-20(14)18(21)7-11-26(22,23)15-5-6-16-17(12-15)25-10-3-9-24-16;/h5-6,12,14,19H,2-4,7-11,13H2,1H3;1H. The minimum Gasteiger partial charge on any atom is -0.490 e. The number of fused-ring (bicyclic) bond motifs is 1. The van der Waals surface area contributed by atoms with Crippen molar-refractivity contribution in [1.29, 1.82) is 0 Å². The maximum absolute atomic E-state index is 12.7. The van der Waals surface area contributed by atoms with Crippen molar-refractivity contribution in [2.45, 2.75) is 36.6 Å². The van der Waals surface area contributed by atoms with Gasteiger partial charge < -0.3 is 19.7 Å². The molecule has 1 atom stereocenters. The van der Waals surface area contributed by atoms with Crippen molar-refractivity contribution in [3.05, 3.63) is 18.2 Å². The van der Waals surface area contributed by atoms with Crippen molar-refractivity contribution >= 4 is 28.2 Å². The third-order valence-corrected chi connectivity index (χ3v) is 6.51. The third-order valence-electron chi connectivity index (χ3n) is 4.80. The summed E-state index contributed by atoms with van der Waals surface area (Å²) >= 11 is 0. The van der Waals surface area contributed by atoms with Gasteiger partial charge in [0.2, 0.25) is 5.91 Å². The summed E-state index contributed by atoms with van der Waals surface area (Å²) in [6.45, 7) is 2.49. The summed E-state index contributed by atoms with van der Waals surface area (Å²) in [4.78, 5) is 14.5. The zero-order chi connectivity index (χ0) is 18.6. The number of hydrogen-bond donors (Lipinski definition) is 1. The first kappa shape index (κ1) is 21.8. The van der Waals surface area contributed by atoms with E-state index in [0.29, 0.717) is 31.3 Å². The monoisotopic (exact) mass is 418 g/mol. The van der Waals surface area contributed by atoms with Gasteiger partial charge in [-0.1, -0.05) is 0 Å². The maximum Gasteiger partial charge on any atom is 0.223 e. The van der Waals surface area contributed by atoms with Crippen molar-refractivity contribution in [2.24, 2.45) is 0 Å². The first-order valence-electron chi connectivity index (χ1n) is 9.08. The molecular weight excluding hydrogens is 392 g/mol. The van der Waals surface area contributed by atoms with E-state index in [9.17, 15) is 13.2 Å². The van der Waals surface area contributed by atoms with E-state index >= 15 is 0 Å². The van der Waals surface area contributed by atoms with Crippen molar-refractivity contribution in [2.75, 3.05) is 39.1 Å². The summed E-state index contributed by atoms with van der Waals surface area (Å²) in [6, 6.07) is 4.81. The Kier molecular flexibility index (Phi) is 7.76. The van der Waals surface area contributed by atoms with Crippen LogP contribution in [0.15, 0.2) is 23.1 Å². The number of likely N-dealkylation sites (tertiary alicyclic amines) is 1. The van der Waals surface area contributed by atoms with E-state index in [1.165, 1.54) is 12.1 Å². The SMILES string of the molecule is CNCC1CCCN1C(=O)CCS(=O)(=O)c1ccc2c(c1)OCCCO2.Cl. The molecule has 0 radical (unpaired) electrons. The highest BCUT2D eigenvalue weighted by molar-refractivity contribution is 7.91. The fourth-order valence-corrected chi connectivity index (χ4v) is 4.67. The summed E-state index contributed by atoms with van der Waals surface area (Å²) in [5, 5.41) is 3.09. The number of hydrogen-bond acceptors (Lipinski definition) is 6. The third kappa shape index (κ3) is 5.27. The quantitative estimate of drug-likeness (QED) is 0.756. The van der Waals surface area contributed by atoms with Crippen LogP contribution in [0.4, 0.5) is 0 Å². The predicted octanol–water partition coefficient (Wildman–Crippen LogP) is 1.64. The molecule has 1 aromatic carbocycles. The largest absolute Gasteiger partial charge is 0.490 e. The lowest BCUT2D eigenvalue weighted by atomic mass is 10.2. The molecule has 0 bridgehead atoms. The smallest absolute Gasteiger partial charge is 0.223 e. The second-order valence-electron chi connectivity index (χ2n) is 6.67. The second kappa shape index (κ2) is 9.61. The van der Waals surface area contributed by atoms with Crippen molar-refractivity contribution < 1.29 is 22.7 Å². The number of ether oxygens (including phenoxy) is 2. The van der Waals surface area contributed by atoms with Crippen LogP contribution in [0, 0.1) is 0 Å². The highest BCUT2D eigenvalue weighted by Crippen LogP contribution is 2.32. The number of benzene rings is 1. The Morgan fingerprint density at radius 3 is 2.70 bits per heavy atom. The zero-order valence-electron chi connectivity index (χ0n) is 15.5. The lowest BCUT2D eigenvalue weighted by molar-refractivity contribution is -0.131. The van der Waals surface area contributed by atoms with Crippen LogP contribution in [-0.4, -0.2) is 64.4 Å². The molecule has 1 unspecified atom stereocenters. The number of rotatable bonds is 6. The van der Waals surface area contributed by atoms with Gasteiger partial charge in [0.05, 0.1) is 23.9 Å². The van der Waals surface area contributed by atoms with Crippen LogP contribution in [-0.2, 0) is 14.6 Å². The van der Waals surface area contributed by atoms with Crippen LogP contribution in [0.3, 0.4) is 0 Å². The van der Waals surface area contributed by atoms with Crippen LogP contribution < -0.4 is 14.8 Å². The van der Waals surface area contributed by atoms with E-state index in [4.69, 9.17) is 9.47 Å². The highest BCUT2D eigenvalue weighted by Gasteiger charge is 2.29. The number of likely N-dealkylation sites (N-methyl/N-ethyl adjacent to an activating group) is 1. The fraction of sp³-hybridized carbons (Fsp3) is 0.611. The van der Waals surface area contributed by atoms with Crippen LogP contribution >= 0.6 is 12.4 Å². The minimum atomic E-state index is -3.56. The van der Waals surface area contributed by atoms with Gasteiger partial charge in [-0.15, -0.1) is 12.4 Å². The van der Waals surface area contributed by atoms with Gasteiger partial charge in [-0.3, -0.25) is 4.79 Å². The molecule has 7 nitrogen and oxygen atoms in total. The van der Waals surface area contributed by atoms with Gasteiger partial charge in [-0.05, 0) is 32.0 Å². The lowest BCUT2D eigenvalue weighted by Gasteiger charge is -2.24. The summed E-state index contributed by atoms with van der Waals surface area (Å²) in [7, 11) is -1.70. The van der Waals surface area contributed by atoms with Gasteiger partial charge >= 0.3 is 0 Å². The lowest BCUT2D eigenvalue weighted by Crippen LogP contribution is -2.41. The summed E-state index contributed by atoms with van der Waals surface area (Å²) in [5.74, 6) is 0.711. The number of sulfone groups is 1. The van der Waals surface area contributed by atoms with Crippen molar-refractivity contribution in [3.63, 3.8) is 0 Å². The van der Waals surface area contributed by atoms with Crippen LogP contribution in [0.2, 0.25) is 0 Å². The molecule has 152 valence electrons. The molecule has 1 N–H and O–H groups in total. The minimum absolute atomic E-state index is 0. The molecule has 9 heteroatoms. The number of carbonyl (C=O) groups is 1. The summed E-state index contributed by atoms with van der Waals surface area (Å²) < 4.78 is 36.4. The highest BCUT2D eigenvalue weighted by atomic mass is 35.5. The fourth-order valence-electron chi connectivity index (χ4n) is 3.43. The van der Waals surface area contributed by atoms with Crippen LogP contribution in [0.25, 0.3) is 0 Å². The molecule has 1 aromatic rings. The van der Waals surface area contributed by atoms with E-state index in [2.05, 4.69) is 5.32 Å². The molecule has 1 fully saturated rings. The summed E-state index contributed by atoms with van der Waals surface area (Å²) in [5.41, 5.74) is 0. The first-order valence-corrected chi connectivity index (χ1v) is 10.7. The molecule has 1 saturated heterocycles. The van der Waals surface area contributed by atoms with Gasteiger partial charge in [0, 0.05) is 38.0 Å². The van der Waals surface area contributed by atoms with Gasteiger partial charge in [0.25, 0.3) is 0 Å². The normalized spacial score (nSPS) is 19.3. The first-order chi connectivity index (χ1) is 12.5. The molecule has 0 aliphatic carbocycles. The van der Waals surface area contributed by atoms with Crippen molar-refractivity contribution in [3.8, 4) is 11.5 Å². The van der Waals surface area contributed by atoms with Crippen LogP contribution in [0.5, 0.6) is 11.5 Å². The number of amides is 1. The average Bonchev–Trinajstić information content (AvgIpc) is 2.96. The molecule has 1 amide bonds. The van der Waals surface area contributed by atoms with Gasteiger partial charge in [0.15, 0.2) is 21.3 Å². The molecule has 27 heavy (non-hydrogen) atoms. The Bertz CT molecular complexity index is 756. The molecule has 2 aliphatic rings. The Hall–Kier alpha value is -1.51. The molecule has 3 rings (SSSR count). The number of nitrogens with zero attached hydrogens (tertiary/aromatic N) is 1. The number of nitrogens with one attached hydrogen (secondary N) is 1. The van der Waals surface area contributed by atoms with Gasteiger partial charge in [-0.2, -0.15) is 0 Å². The van der Waals surface area contributed by atoms with E-state index in [1.807, 2.05) is 7.05 Å². The second-order valence-corrected chi connectivity index (χ2v) is 8.78. The zero-order valence-corrected chi connectivity index (χ0v) is 17.1. The Morgan fingerprint density at radius 2 is 1.96 bits per heavy atom. The van der Waals surface area contributed by atoms with E-state index < -0.39 is 9.84 Å². The van der Waals surface area contributed by atoms with Crippen molar-refractivity contribution in [1.82, 2.24) is 10.2 Å². The van der Waals surface area contributed by atoms with Crippen LogP contribution in [0.1, 0.15) is 25.7 Å². The van der Waals surface area contributed by atoms with E-state index in [-0.39, 0.29) is 41.4 Å². The topological polar surface area (TPSA) is 84.9 Å². The Labute approximate surface area is 166 Å². The molecule has 0 saturated carbocycles. The summed E-state index contributed by atoms with van der Waals surface area (Å²) in [6.07, 6.45) is 2.68. The van der Waals surface area contributed by atoms with E-state index in [0.717, 1.165) is 25.8 Å². The molecular formula is C18H27ClN2O5S. The van der Waals surface area contributed by atoms with E-state index in [1.54, 1.807) is 11.0 Å². The maximum atomic E-state index is 12.7. The Balaban J connectivity index is 0.00000261. The number of carbonyl (C=O) groups excluding carboxylic acids is 1. The average molecular weight is 419 g/mol. The molecule has 0 aromatic heterocycles. The van der Waals surface area contributed by atoms with Gasteiger partial charge in [-0.25, -0.2) is 8.42 Å². The number of halogens is 1. The molecule has 2 aliphatic heterocycles. The Morgan fingerprint density at radius 1 is 1.22 bits per heavy atom. The predicted molar refractivity (Wildman–Crippen MR) is 105 cm³/mol. The molecule has 0 spiro atoms.